The van der Waals surface area contributed by atoms with Gasteiger partial charge < -0.3 is 20.1 Å². The van der Waals surface area contributed by atoms with Crippen LogP contribution in [0, 0.1) is 0 Å². The molecule has 0 radical (unpaired) electrons. The van der Waals surface area contributed by atoms with Crippen LogP contribution in [0.5, 0.6) is 0 Å². The normalized spacial score (nSPS) is 12.1. The fourth-order valence-corrected chi connectivity index (χ4v) is 1.69. The van der Waals surface area contributed by atoms with E-state index in [1.54, 1.807) is 0 Å². The molecule has 1 atom stereocenters. The molecular formula is C12H14F2N2O5. The molecule has 1 rings (SSSR count). The predicted octanol–water partition coefficient (Wildman–Crippen LogP) is 0.801. The van der Waals surface area contributed by atoms with Gasteiger partial charge in [-0.05, 0) is 18.6 Å². The molecule has 0 saturated heterocycles. The number of carbonyl (C=O) groups excluding carboxylic acids is 1. The summed E-state index contributed by atoms with van der Waals surface area (Å²) in [5, 5.41) is 19.5. The second-order valence-corrected chi connectivity index (χ2v) is 4.23. The molecule has 1 heterocycles. The van der Waals surface area contributed by atoms with Crippen LogP contribution in [0.3, 0.4) is 0 Å². The van der Waals surface area contributed by atoms with Gasteiger partial charge in [0.05, 0.1) is 6.54 Å². The molecule has 0 fully saturated rings. The molecular weight excluding hydrogens is 290 g/mol. The third-order valence-corrected chi connectivity index (χ3v) is 2.65. The van der Waals surface area contributed by atoms with E-state index in [4.69, 9.17) is 10.2 Å². The summed E-state index contributed by atoms with van der Waals surface area (Å²) in [6, 6.07) is 1.25. The lowest BCUT2D eigenvalue weighted by Crippen LogP contribution is -2.41. The molecule has 1 amide bonds. The minimum Gasteiger partial charge on any atom is -0.481 e. The van der Waals surface area contributed by atoms with Gasteiger partial charge in [0.15, 0.2) is 0 Å². The molecule has 0 aliphatic rings. The van der Waals surface area contributed by atoms with Gasteiger partial charge in [-0.2, -0.15) is 0 Å². The van der Waals surface area contributed by atoms with E-state index < -0.39 is 43.3 Å². The number of rotatable bonds is 8. The first kappa shape index (κ1) is 16.6. The number of amides is 1. The fourth-order valence-electron chi connectivity index (χ4n) is 1.69. The Hall–Kier alpha value is -2.45. The number of alkyl halides is 2. The Labute approximate surface area is 118 Å². The molecule has 0 aromatic carbocycles. The molecule has 0 spiro atoms. The lowest BCUT2D eigenvalue weighted by molar-refractivity contribution is -0.140. The minimum atomic E-state index is -2.66. The van der Waals surface area contributed by atoms with Gasteiger partial charge in [-0.25, -0.2) is 13.6 Å². The molecule has 0 bridgehead atoms. The van der Waals surface area contributed by atoms with E-state index in [0.717, 1.165) is 4.57 Å². The van der Waals surface area contributed by atoms with E-state index in [2.05, 4.69) is 5.32 Å². The number of hydrogen-bond acceptors (Lipinski definition) is 3. The van der Waals surface area contributed by atoms with E-state index in [0.29, 0.717) is 0 Å². The van der Waals surface area contributed by atoms with E-state index in [1.807, 2.05) is 0 Å². The number of nitrogens with one attached hydrogen (secondary N) is 1. The Morgan fingerprint density at radius 3 is 2.48 bits per heavy atom. The van der Waals surface area contributed by atoms with E-state index in [-0.39, 0.29) is 12.1 Å². The Kier molecular flexibility index (Phi) is 5.82. The quantitative estimate of drug-likeness (QED) is 0.658. The van der Waals surface area contributed by atoms with Crippen molar-refractivity contribution in [3.05, 3.63) is 24.0 Å². The molecule has 7 nitrogen and oxygen atoms in total. The van der Waals surface area contributed by atoms with Crippen molar-refractivity contribution in [2.45, 2.75) is 31.9 Å². The number of carbonyl (C=O) groups is 3. The van der Waals surface area contributed by atoms with Crippen LogP contribution < -0.4 is 5.32 Å². The summed E-state index contributed by atoms with van der Waals surface area (Å²) in [6.07, 6.45) is -2.12. The molecule has 1 aromatic rings. The average molecular weight is 304 g/mol. The van der Waals surface area contributed by atoms with Crippen molar-refractivity contribution in [3.63, 3.8) is 0 Å². The minimum absolute atomic E-state index is 0.114. The predicted molar refractivity (Wildman–Crippen MR) is 66.2 cm³/mol. The summed E-state index contributed by atoms with van der Waals surface area (Å²) in [6.45, 7) is -0.692. The molecule has 9 heteroatoms. The highest BCUT2D eigenvalue weighted by atomic mass is 19.3. The zero-order valence-corrected chi connectivity index (χ0v) is 10.8. The van der Waals surface area contributed by atoms with Crippen molar-refractivity contribution in [3.8, 4) is 0 Å². The summed E-state index contributed by atoms with van der Waals surface area (Å²) >= 11 is 0. The van der Waals surface area contributed by atoms with Crippen LogP contribution in [0.15, 0.2) is 18.3 Å². The first-order chi connectivity index (χ1) is 9.81. The van der Waals surface area contributed by atoms with Gasteiger partial charge in [-0.3, -0.25) is 9.59 Å². The summed E-state index contributed by atoms with van der Waals surface area (Å²) in [7, 11) is 0. The number of carboxylic acid groups (broad SMARTS) is 2. The largest absolute Gasteiger partial charge is 0.481 e. The molecule has 1 aromatic heterocycles. The highest BCUT2D eigenvalue weighted by Crippen LogP contribution is 2.08. The second kappa shape index (κ2) is 7.36. The van der Waals surface area contributed by atoms with Crippen molar-refractivity contribution in [2.24, 2.45) is 0 Å². The summed E-state index contributed by atoms with van der Waals surface area (Å²) in [5.41, 5.74) is -0.114. The molecule has 116 valence electrons. The fraction of sp³-hybridized carbons (Fsp3) is 0.417. The van der Waals surface area contributed by atoms with E-state index in [9.17, 15) is 23.2 Å². The molecule has 1 unspecified atom stereocenters. The van der Waals surface area contributed by atoms with Crippen molar-refractivity contribution < 1.29 is 33.4 Å². The standard InChI is InChI=1S/C12H14F2N2O5/c13-9(14)6-16-5-1-2-8(16)11(19)15-7(12(20)21)3-4-10(17)18/h1-2,5,7,9H,3-4,6H2,(H,15,19)(H,17,18)(H,20,21). The number of aromatic nitrogens is 1. The van der Waals surface area contributed by atoms with Gasteiger partial charge >= 0.3 is 11.9 Å². The SMILES string of the molecule is O=C(O)CCC(NC(=O)c1cccn1CC(F)F)C(=O)O. The van der Waals surface area contributed by atoms with Crippen molar-refractivity contribution in [1.82, 2.24) is 9.88 Å². The maximum atomic E-state index is 12.3. The van der Waals surface area contributed by atoms with Crippen molar-refractivity contribution >= 4 is 17.8 Å². The van der Waals surface area contributed by atoms with Crippen LogP contribution in [0.25, 0.3) is 0 Å². The van der Waals surface area contributed by atoms with Gasteiger partial charge in [0, 0.05) is 12.6 Å². The Morgan fingerprint density at radius 1 is 1.29 bits per heavy atom. The lowest BCUT2D eigenvalue weighted by atomic mass is 10.1. The zero-order valence-electron chi connectivity index (χ0n) is 10.8. The number of aliphatic carboxylic acids is 2. The van der Waals surface area contributed by atoms with Gasteiger partial charge in [0.2, 0.25) is 0 Å². The van der Waals surface area contributed by atoms with Gasteiger partial charge in [0.25, 0.3) is 12.3 Å². The summed E-state index contributed by atoms with van der Waals surface area (Å²) < 4.78 is 25.7. The Balaban J connectivity index is 2.75. The van der Waals surface area contributed by atoms with Crippen LogP contribution in [-0.2, 0) is 16.1 Å². The van der Waals surface area contributed by atoms with Crippen LogP contribution >= 0.6 is 0 Å². The van der Waals surface area contributed by atoms with Crippen LogP contribution in [0.4, 0.5) is 8.78 Å². The van der Waals surface area contributed by atoms with Crippen LogP contribution in [0.2, 0.25) is 0 Å². The highest BCUT2D eigenvalue weighted by molar-refractivity contribution is 5.95. The maximum absolute atomic E-state index is 12.3. The topological polar surface area (TPSA) is 109 Å². The first-order valence-corrected chi connectivity index (χ1v) is 6.00. The number of halogens is 2. The molecule has 0 saturated carbocycles. The van der Waals surface area contributed by atoms with Crippen LogP contribution in [-0.4, -0.2) is 45.1 Å². The third-order valence-electron chi connectivity index (χ3n) is 2.65. The third kappa shape index (κ3) is 5.21. The van der Waals surface area contributed by atoms with Crippen molar-refractivity contribution in [2.75, 3.05) is 0 Å². The number of carboxylic acids is 2. The van der Waals surface area contributed by atoms with Crippen molar-refractivity contribution in [1.29, 1.82) is 0 Å². The van der Waals surface area contributed by atoms with Gasteiger partial charge in [-0.15, -0.1) is 0 Å². The second-order valence-electron chi connectivity index (χ2n) is 4.23. The summed E-state index contributed by atoms with van der Waals surface area (Å²) in [5.74, 6) is -3.44. The summed E-state index contributed by atoms with van der Waals surface area (Å²) in [4.78, 5) is 33.2. The van der Waals surface area contributed by atoms with Gasteiger partial charge in [-0.1, -0.05) is 0 Å². The monoisotopic (exact) mass is 304 g/mol. The Bertz CT molecular complexity index is 529. The molecule has 0 aliphatic heterocycles. The average Bonchev–Trinajstić information content (AvgIpc) is 2.80. The molecule has 3 N–H and O–H groups in total. The lowest BCUT2D eigenvalue weighted by Gasteiger charge is -2.14. The smallest absolute Gasteiger partial charge is 0.326 e. The van der Waals surface area contributed by atoms with Gasteiger partial charge in [0.1, 0.15) is 11.7 Å². The zero-order chi connectivity index (χ0) is 16.0. The molecule has 21 heavy (non-hydrogen) atoms. The first-order valence-electron chi connectivity index (χ1n) is 6.00. The maximum Gasteiger partial charge on any atom is 0.326 e. The van der Waals surface area contributed by atoms with Crippen LogP contribution in [0.1, 0.15) is 23.3 Å². The number of hydrogen-bond donors (Lipinski definition) is 3. The molecule has 0 aliphatic carbocycles. The van der Waals surface area contributed by atoms with E-state index in [1.165, 1.54) is 18.3 Å². The van der Waals surface area contributed by atoms with E-state index >= 15 is 0 Å². The Morgan fingerprint density at radius 2 is 1.95 bits per heavy atom. The highest BCUT2D eigenvalue weighted by Gasteiger charge is 2.23. The number of nitrogens with zero attached hydrogens (tertiary/aromatic N) is 1.